The summed E-state index contributed by atoms with van der Waals surface area (Å²) in [4.78, 5) is 11.1. The van der Waals surface area contributed by atoms with Crippen molar-refractivity contribution in [2.24, 2.45) is 10.9 Å². The van der Waals surface area contributed by atoms with Gasteiger partial charge < -0.3 is 30.6 Å². The SMILES string of the molecule is CCCCN=C(NCCCC)Nc1ccc2[nH]c3c(c2c1)C[C@@]1(O)[C@H]2Cc4ccc(O)c5c4[C@@]1(CCN2CC1CC1)[C@H]3O5. The molecule has 3 aliphatic carbocycles. The maximum absolute atomic E-state index is 13.1. The van der Waals surface area contributed by atoms with Crippen LogP contribution in [-0.2, 0) is 18.3 Å². The number of hydrogen-bond donors (Lipinski definition) is 5. The molecule has 0 unspecified atom stereocenters. The average Bonchev–Trinajstić information content (AvgIpc) is 3.64. The third-order valence-corrected chi connectivity index (χ3v) is 11.0. The number of rotatable bonds is 9. The number of fused-ring (bicyclic) bond motifs is 4. The number of aromatic hydroxyl groups is 1. The molecule has 228 valence electrons. The fourth-order valence-corrected chi connectivity index (χ4v) is 8.71. The first-order valence-corrected chi connectivity index (χ1v) is 16.6. The van der Waals surface area contributed by atoms with Crippen LogP contribution in [0.5, 0.6) is 11.5 Å². The molecule has 8 heteroatoms. The number of benzene rings is 2. The Bertz CT molecular complexity index is 1590. The number of likely N-dealkylation sites (tertiary alicyclic amines) is 1. The Morgan fingerprint density at radius 2 is 2.02 bits per heavy atom. The van der Waals surface area contributed by atoms with Gasteiger partial charge in [0.15, 0.2) is 23.6 Å². The molecule has 1 saturated heterocycles. The summed E-state index contributed by atoms with van der Waals surface area (Å²) in [6.45, 7) is 8.08. The van der Waals surface area contributed by atoms with E-state index in [9.17, 15) is 10.2 Å². The number of unbranched alkanes of at least 4 members (excludes halogenated alkanes) is 2. The first-order valence-electron chi connectivity index (χ1n) is 16.6. The zero-order valence-corrected chi connectivity index (χ0v) is 25.5. The van der Waals surface area contributed by atoms with Crippen molar-refractivity contribution in [2.45, 2.75) is 94.8 Å². The van der Waals surface area contributed by atoms with E-state index in [2.05, 4.69) is 58.6 Å². The highest BCUT2D eigenvalue weighted by Crippen LogP contribution is 2.69. The minimum Gasteiger partial charge on any atom is -0.504 e. The van der Waals surface area contributed by atoms with Gasteiger partial charge in [0.05, 0.1) is 16.7 Å². The van der Waals surface area contributed by atoms with E-state index >= 15 is 0 Å². The van der Waals surface area contributed by atoms with Gasteiger partial charge in [-0.05, 0) is 86.4 Å². The van der Waals surface area contributed by atoms with Crippen molar-refractivity contribution in [3.8, 4) is 11.5 Å². The van der Waals surface area contributed by atoms with Gasteiger partial charge in [0.2, 0.25) is 0 Å². The number of aromatic amines is 1. The van der Waals surface area contributed by atoms with E-state index in [1.54, 1.807) is 6.07 Å². The molecule has 8 nitrogen and oxygen atoms in total. The highest BCUT2D eigenvalue weighted by molar-refractivity contribution is 5.97. The van der Waals surface area contributed by atoms with Gasteiger partial charge in [0, 0.05) is 54.3 Å². The minimum atomic E-state index is -0.989. The molecule has 2 bridgehead atoms. The first kappa shape index (κ1) is 27.3. The highest BCUT2D eigenvalue weighted by Gasteiger charge is 2.72. The second kappa shape index (κ2) is 10.2. The lowest BCUT2D eigenvalue weighted by Crippen LogP contribution is -2.74. The first-order chi connectivity index (χ1) is 21.0. The molecule has 2 fully saturated rings. The molecule has 0 radical (unpaired) electrons. The molecule has 5 aliphatic rings. The molecule has 0 amide bonds. The van der Waals surface area contributed by atoms with E-state index in [1.165, 1.54) is 18.4 Å². The molecule has 4 atom stereocenters. The third kappa shape index (κ3) is 4.05. The van der Waals surface area contributed by atoms with Gasteiger partial charge >= 0.3 is 0 Å². The number of H-pyrrole nitrogens is 1. The zero-order chi connectivity index (χ0) is 29.3. The number of anilines is 1. The predicted molar refractivity (Wildman–Crippen MR) is 170 cm³/mol. The van der Waals surface area contributed by atoms with Crippen LogP contribution in [0, 0.1) is 5.92 Å². The maximum atomic E-state index is 13.1. The van der Waals surface area contributed by atoms with Crippen molar-refractivity contribution in [2.75, 3.05) is 31.5 Å². The third-order valence-electron chi connectivity index (χ3n) is 11.0. The number of nitrogens with zero attached hydrogens (tertiary/aromatic N) is 2. The quantitative estimate of drug-likeness (QED) is 0.129. The van der Waals surface area contributed by atoms with E-state index in [1.807, 2.05) is 0 Å². The largest absolute Gasteiger partial charge is 0.504 e. The van der Waals surface area contributed by atoms with Crippen molar-refractivity contribution in [1.82, 2.24) is 15.2 Å². The molecule has 1 aromatic heterocycles. The second-order valence-electron chi connectivity index (χ2n) is 13.7. The summed E-state index contributed by atoms with van der Waals surface area (Å²) in [6, 6.07) is 10.3. The highest BCUT2D eigenvalue weighted by atomic mass is 16.5. The fraction of sp³-hybridized carbons (Fsp3) is 0.571. The monoisotopic (exact) mass is 583 g/mol. The standard InChI is InChI=1S/C35H45N5O3/c1-3-5-14-36-33(37-15-6-4-2)38-23-10-11-26-24(18-23)25-19-35(42)28-17-22-9-12-27(41)31-29(22)34(35,32(43-31)30(25)39-26)13-16-40(28)20-21-7-8-21/h9-12,18,21,28,32,39,41-42H,3-8,13-17,19-20H2,1-2H3,(H2,36,37,38)/t28-,32+,34+,35-/m1/s1. The van der Waals surface area contributed by atoms with E-state index < -0.39 is 11.0 Å². The number of phenolic OH excluding ortho intramolecular Hbond substituents is 1. The molecule has 3 heterocycles. The van der Waals surface area contributed by atoms with Gasteiger partial charge in [-0.1, -0.05) is 32.8 Å². The van der Waals surface area contributed by atoms with E-state index in [-0.39, 0.29) is 17.9 Å². The maximum Gasteiger partial charge on any atom is 0.195 e. The number of aromatic nitrogens is 1. The van der Waals surface area contributed by atoms with Gasteiger partial charge in [-0.2, -0.15) is 0 Å². The summed E-state index contributed by atoms with van der Waals surface area (Å²) in [5.41, 5.74) is 4.93. The lowest BCUT2D eigenvalue weighted by Gasteiger charge is -2.62. The van der Waals surface area contributed by atoms with Gasteiger partial charge in [-0.15, -0.1) is 0 Å². The summed E-state index contributed by atoms with van der Waals surface area (Å²) >= 11 is 0. The number of nitrogens with one attached hydrogen (secondary N) is 3. The molecule has 1 saturated carbocycles. The van der Waals surface area contributed by atoms with Crippen LogP contribution in [0.1, 0.15) is 87.3 Å². The number of phenols is 1. The molecule has 43 heavy (non-hydrogen) atoms. The van der Waals surface area contributed by atoms with Crippen molar-refractivity contribution < 1.29 is 14.9 Å². The summed E-state index contributed by atoms with van der Waals surface area (Å²) in [6.07, 6.45) is 8.82. The van der Waals surface area contributed by atoms with Crippen molar-refractivity contribution in [1.29, 1.82) is 0 Å². The van der Waals surface area contributed by atoms with Crippen LogP contribution >= 0.6 is 0 Å². The topological polar surface area (TPSA) is 105 Å². The van der Waals surface area contributed by atoms with Gasteiger partial charge in [0.25, 0.3) is 0 Å². The molecule has 1 spiro atoms. The molecular formula is C35H45N5O3. The number of ether oxygens (including phenoxy) is 1. The molecule has 2 aromatic carbocycles. The Kier molecular flexibility index (Phi) is 6.46. The van der Waals surface area contributed by atoms with Crippen LogP contribution in [0.3, 0.4) is 0 Å². The number of aliphatic imine (C=N–C) groups is 1. The van der Waals surface area contributed by atoms with Crippen molar-refractivity contribution in [3.05, 3.63) is 52.7 Å². The Morgan fingerprint density at radius 1 is 1.16 bits per heavy atom. The number of aliphatic hydroxyl groups is 1. The Balaban J connectivity index is 1.21. The summed E-state index contributed by atoms with van der Waals surface area (Å²) in [5, 5.41) is 32.3. The van der Waals surface area contributed by atoms with Gasteiger partial charge in [0.1, 0.15) is 0 Å². The fourth-order valence-electron chi connectivity index (χ4n) is 8.71. The smallest absolute Gasteiger partial charge is 0.195 e. The van der Waals surface area contributed by atoms with Crippen LogP contribution in [0.2, 0.25) is 0 Å². The zero-order valence-electron chi connectivity index (χ0n) is 25.5. The predicted octanol–water partition coefficient (Wildman–Crippen LogP) is 5.53. The van der Waals surface area contributed by atoms with E-state index in [0.29, 0.717) is 12.2 Å². The molecule has 2 aliphatic heterocycles. The number of piperidine rings is 1. The number of guanidine groups is 1. The molecule has 3 aromatic rings. The van der Waals surface area contributed by atoms with Crippen LogP contribution in [0.15, 0.2) is 35.3 Å². The normalized spacial score (nSPS) is 28.9. The molecule has 8 rings (SSSR count). The Hall–Kier alpha value is -3.23. The van der Waals surface area contributed by atoms with Gasteiger partial charge in [-0.3, -0.25) is 9.89 Å². The minimum absolute atomic E-state index is 0.0235. The molecular weight excluding hydrogens is 538 g/mol. The number of hydrogen-bond acceptors (Lipinski definition) is 5. The van der Waals surface area contributed by atoms with E-state index in [4.69, 9.17) is 9.73 Å². The summed E-state index contributed by atoms with van der Waals surface area (Å²) in [5.74, 6) is 2.33. The lowest BCUT2D eigenvalue weighted by molar-refractivity contribution is -0.173. The second-order valence-corrected chi connectivity index (χ2v) is 13.7. The average molecular weight is 584 g/mol. The summed E-state index contributed by atoms with van der Waals surface area (Å²) in [7, 11) is 0. The van der Waals surface area contributed by atoms with Crippen LogP contribution < -0.4 is 15.4 Å². The van der Waals surface area contributed by atoms with Gasteiger partial charge in [-0.25, -0.2) is 0 Å². The van der Waals surface area contributed by atoms with Crippen LogP contribution in [0.25, 0.3) is 10.9 Å². The van der Waals surface area contributed by atoms with Crippen LogP contribution in [-0.4, -0.2) is 63.9 Å². The Morgan fingerprint density at radius 3 is 2.84 bits per heavy atom. The lowest BCUT2D eigenvalue weighted by atomic mass is 9.49. The Labute approximate surface area is 253 Å². The van der Waals surface area contributed by atoms with Crippen molar-refractivity contribution >= 4 is 22.5 Å². The van der Waals surface area contributed by atoms with E-state index in [0.717, 1.165) is 110 Å². The van der Waals surface area contributed by atoms with Crippen LogP contribution in [0.4, 0.5) is 5.69 Å². The van der Waals surface area contributed by atoms with Crippen molar-refractivity contribution in [3.63, 3.8) is 0 Å². The molecule has 5 N–H and O–H groups in total. The summed E-state index contributed by atoms with van der Waals surface area (Å²) < 4.78 is 6.76.